The molecule has 3 nitrogen and oxygen atoms in total. The standard InChI is InChI=1S/C16H20BrN3/c1-12(18)15-4-3-14(17)11-16(15)20(2)10-7-13-5-8-19-9-6-13/h3-6,8-9,11-12H,7,10,18H2,1-2H3. The molecule has 0 radical (unpaired) electrons. The molecule has 2 rings (SSSR count). The zero-order chi connectivity index (χ0) is 14.5. The van der Waals surface area contributed by atoms with Crippen molar-refractivity contribution in [2.45, 2.75) is 19.4 Å². The van der Waals surface area contributed by atoms with Gasteiger partial charge in [0.05, 0.1) is 0 Å². The van der Waals surface area contributed by atoms with Gasteiger partial charge in [-0.15, -0.1) is 0 Å². The molecule has 0 bridgehead atoms. The van der Waals surface area contributed by atoms with Crippen LogP contribution in [0.4, 0.5) is 5.69 Å². The summed E-state index contributed by atoms with van der Waals surface area (Å²) in [5.74, 6) is 0. The summed E-state index contributed by atoms with van der Waals surface area (Å²) in [5, 5.41) is 0. The van der Waals surface area contributed by atoms with Crippen LogP contribution in [0.5, 0.6) is 0 Å². The number of pyridine rings is 1. The Morgan fingerprint density at radius 2 is 1.95 bits per heavy atom. The highest BCUT2D eigenvalue weighted by atomic mass is 79.9. The molecule has 0 aliphatic heterocycles. The van der Waals surface area contributed by atoms with Gasteiger partial charge >= 0.3 is 0 Å². The van der Waals surface area contributed by atoms with E-state index in [0.29, 0.717) is 0 Å². The van der Waals surface area contributed by atoms with E-state index in [1.807, 2.05) is 25.4 Å². The molecule has 1 aromatic carbocycles. The first-order valence-electron chi connectivity index (χ1n) is 6.73. The van der Waals surface area contributed by atoms with Gasteiger partial charge < -0.3 is 10.6 Å². The van der Waals surface area contributed by atoms with Gasteiger partial charge in [-0.3, -0.25) is 4.98 Å². The van der Waals surface area contributed by atoms with Gasteiger partial charge in [-0.05, 0) is 48.7 Å². The first-order chi connectivity index (χ1) is 9.58. The fourth-order valence-electron chi connectivity index (χ4n) is 2.20. The summed E-state index contributed by atoms with van der Waals surface area (Å²) < 4.78 is 1.08. The highest BCUT2D eigenvalue weighted by molar-refractivity contribution is 9.10. The number of halogens is 1. The lowest BCUT2D eigenvalue weighted by atomic mass is 10.1. The molecule has 0 fully saturated rings. The molecular formula is C16H20BrN3. The molecule has 1 unspecified atom stereocenters. The maximum absolute atomic E-state index is 6.06. The second-order valence-electron chi connectivity index (χ2n) is 5.02. The summed E-state index contributed by atoms with van der Waals surface area (Å²) in [6, 6.07) is 10.4. The monoisotopic (exact) mass is 333 g/mol. The predicted molar refractivity (Wildman–Crippen MR) is 88.0 cm³/mol. The van der Waals surface area contributed by atoms with Crippen LogP contribution in [0.2, 0.25) is 0 Å². The summed E-state index contributed by atoms with van der Waals surface area (Å²) in [7, 11) is 2.11. The Morgan fingerprint density at radius 3 is 2.60 bits per heavy atom. The topological polar surface area (TPSA) is 42.1 Å². The SMILES string of the molecule is CC(N)c1ccc(Br)cc1N(C)CCc1ccncc1. The third kappa shape index (κ3) is 3.81. The molecule has 106 valence electrons. The molecule has 2 N–H and O–H groups in total. The molecule has 0 spiro atoms. The maximum atomic E-state index is 6.06. The first-order valence-corrected chi connectivity index (χ1v) is 7.52. The van der Waals surface area contributed by atoms with Crippen LogP contribution in [-0.2, 0) is 6.42 Å². The number of benzene rings is 1. The van der Waals surface area contributed by atoms with Crippen molar-refractivity contribution in [1.82, 2.24) is 4.98 Å². The van der Waals surface area contributed by atoms with Gasteiger partial charge in [-0.2, -0.15) is 0 Å². The number of nitrogens with two attached hydrogens (primary N) is 1. The van der Waals surface area contributed by atoms with Crippen molar-refractivity contribution in [3.8, 4) is 0 Å². The molecule has 0 saturated heterocycles. The van der Waals surface area contributed by atoms with Crippen LogP contribution in [0, 0.1) is 0 Å². The highest BCUT2D eigenvalue weighted by Gasteiger charge is 2.11. The van der Waals surface area contributed by atoms with E-state index >= 15 is 0 Å². The molecule has 0 saturated carbocycles. The zero-order valence-electron chi connectivity index (χ0n) is 11.9. The molecule has 0 aliphatic rings. The van der Waals surface area contributed by atoms with Crippen LogP contribution in [0.1, 0.15) is 24.1 Å². The van der Waals surface area contributed by atoms with Crippen molar-refractivity contribution in [1.29, 1.82) is 0 Å². The van der Waals surface area contributed by atoms with Gasteiger partial charge in [0.2, 0.25) is 0 Å². The number of likely N-dealkylation sites (N-methyl/N-ethyl adjacent to an activating group) is 1. The Labute approximate surface area is 129 Å². The van der Waals surface area contributed by atoms with Crippen LogP contribution in [0.3, 0.4) is 0 Å². The molecule has 2 aromatic rings. The van der Waals surface area contributed by atoms with E-state index in [2.05, 4.69) is 57.1 Å². The lowest BCUT2D eigenvalue weighted by Gasteiger charge is -2.24. The van der Waals surface area contributed by atoms with Gasteiger partial charge in [0.1, 0.15) is 0 Å². The van der Waals surface area contributed by atoms with Crippen molar-refractivity contribution >= 4 is 21.6 Å². The number of rotatable bonds is 5. The molecule has 1 atom stereocenters. The van der Waals surface area contributed by atoms with Crippen LogP contribution in [0.25, 0.3) is 0 Å². The molecular weight excluding hydrogens is 314 g/mol. The van der Waals surface area contributed by atoms with Crippen molar-refractivity contribution in [2.75, 3.05) is 18.5 Å². The Bertz CT molecular complexity index is 555. The molecule has 20 heavy (non-hydrogen) atoms. The van der Waals surface area contributed by atoms with Gasteiger partial charge in [-0.25, -0.2) is 0 Å². The number of aromatic nitrogens is 1. The van der Waals surface area contributed by atoms with Crippen molar-refractivity contribution in [3.63, 3.8) is 0 Å². The second kappa shape index (κ2) is 6.86. The van der Waals surface area contributed by atoms with Crippen LogP contribution in [-0.4, -0.2) is 18.6 Å². The van der Waals surface area contributed by atoms with Gasteiger partial charge in [0.25, 0.3) is 0 Å². The number of hydrogen-bond donors (Lipinski definition) is 1. The zero-order valence-corrected chi connectivity index (χ0v) is 13.5. The van der Waals surface area contributed by atoms with E-state index in [-0.39, 0.29) is 6.04 Å². The molecule has 4 heteroatoms. The molecule has 1 aromatic heterocycles. The summed E-state index contributed by atoms with van der Waals surface area (Å²) in [5.41, 5.74) is 9.71. The lowest BCUT2D eigenvalue weighted by Crippen LogP contribution is -2.23. The minimum Gasteiger partial charge on any atom is -0.374 e. The summed E-state index contributed by atoms with van der Waals surface area (Å²) in [4.78, 5) is 6.30. The van der Waals surface area contributed by atoms with E-state index in [4.69, 9.17) is 5.73 Å². The maximum Gasteiger partial charge on any atom is 0.0423 e. The Kier molecular flexibility index (Phi) is 5.15. The Morgan fingerprint density at radius 1 is 1.25 bits per heavy atom. The number of nitrogens with zero attached hydrogens (tertiary/aromatic N) is 2. The third-order valence-corrected chi connectivity index (χ3v) is 3.87. The van der Waals surface area contributed by atoms with E-state index in [0.717, 1.165) is 17.4 Å². The van der Waals surface area contributed by atoms with Gasteiger partial charge in [-0.1, -0.05) is 22.0 Å². The molecule has 0 amide bonds. The number of anilines is 1. The van der Waals surface area contributed by atoms with Crippen molar-refractivity contribution in [3.05, 3.63) is 58.3 Å². The smallest absolute Gasteiger partial charge is 0.0423 e. The van der Waals surface area contributed by atoms with Crippen molar-refractivity contribution in [2.24, 2.45) is 5.73 Å². The van der Waals surface area contributed by atoms with Crippen LogP contribution >= 0.6 is 15.9 Å². The van der Waals surface area contributed by atoms with Crippen LogP contribution in [0.15, 0.2) is 47.2 Å². The first kappa shape index (κ1) is 15.0. The number of hydrogen-bond acceptors (Lipinski definition) is 3. The van der Waals surface area contributed by atoms with Gasteiger partial charge in [0.15, 0.2) is 0 Å². The second-order valence-corrected chi connectivity index (χ2v) is 5.93. The minimum atomic E-state index is 0.0291. The fourth-order valence-corrected chi connectivity index (χ4v) is 2.55. The van der Waals surface area contributed by atoms with E-state index in [1.54, 1.807) is 0 Å². The highest BCUT2D eigenvalue weighted by Crippen LogP contribution is 2.28. The largest absolute Gasteiger partial charge is 0.374 e. The predicted octanol–water partition coefficient (Wildman–Crippen LogP) is 3.54. The van der Waals surface area contributed by atoms with Crippen LogP contribution < -0.4 is 10.6 Å². The van der Waals surface area contributed by atoms with Crippen molar-refractivity contribution < 1.29 is 0 Å². The quantitative estimate of drug-likeness (QED) is 0.909. The minimum absolute atomic E-state index is 0.0291. The Hall–Kier alpha value is -1.39. The molecule has 1 heterocycles. The normalized spacial score (nSPS) is 12.2. The summed E-state index contributed by atoms with van der Waals surface area (Å²) in [6.45, 7) is 2.96. The fraction of sp³-hybridized carbons (Fsp3) is 0.312. The summed E-state index contributed by atoms with van der Waals surface area (Å²) in [6.07, 6.45) is 4.66. The van der Waals surface area contributed by atoms with Gasteiger partial charge in [0, 0.05) is 42.2 Å². The average molecular weight is 334 g/mol. The third-order valence-electron chi connectivity index (χ3n) is 3.38. The average Bonchev–Trinajstić information content (AvgIpc) is 2.45. The summed E-state index contributed by atoms with van der Waals surface area (Å²) >= 11 is 3.53. The van der Waals surface area contributed by atoms with E-state index < -0.39 is 0 Å². The van der Waals surface area contributed by atoms with E-state index in [1.165, 1.54) is 16.8 Å². The van der Waals surface area contributed by atoms with E-state index in [9.17, 15) is 0 Å². The Balaban J connectivity index is 2.12. The lowest BCUT2D eigenvalue weighted by molar-refractivity contribution is 0.796. The molecule has 0 aliphatic carbocycles.